The minimum Gasteiger partial charge on any atom is -0.380 e. The van der Waals surface area contributed by atoms with Crippen molar-refractivity contribution in [1.29, 1.82) is 0 Å². The lowest BCUT2D eigenvalue weighted by atomic mass is 10.1. The van der Waals surface area contributed by atoms with Gasteiger partial charge in [-0.15, -0.1) is 0 Å². The molecule has 0 aliphatic heterocycles. The summed E-state index contributed by atoms with van der Waals surface area (Å²) in [6, 6.07) is 17.6. The Morgan fingerprint density at radius 1 is 1.05 bits per heavy atom. The molecule has 0 radical (unpaired) electrons. The molecule has 2 aromatic rings. The van der Waals surface area contributed by atoms with Gasteiger partial charge in [-0.05, 0) is 30.5 Å². The Hall–Kier alpha value is -1.64. The van der Waals surface area contributed by atoms with Crippen molar-refractivity contribution in [2.45, 2.75) is 33.0 Å². The highest BCUT2D eigenvalue weighted by atomic mass is 16.5. The standard InChI is InChI=1S/C18H23NO/c1-14-7-9-18(10-8-14)15(2)19-12-16-5-4-6-17(11-16)13-20-3/h4-11,15,19H,12-13H2,1-3H3/t15-/m0/s1. The van der Waals surface area contributed by atoms with E-state index in [1.54, 1.807) is 7.11 Å². The van der Waals surface area contributed by atoms with Crippen LogP contribution in [-0.2, 0) is 17.9 Å². The molecule has 20 heavy (non-hydrogen) atoms. The van der Waals surface area contributed by atoms with Gasteiger partial charge in [0.15, 0.2) is 0 Å². The largest absolute Gasteiger partial charge is 0.380 e. The first-order chi connectivity index (χ1) is 9.69. The summed E-state index contributed by atoms with van der Waals surface area (Å²) in [6.45, 7) is 5.85. The quantitative estimate of drug-likeness (QED) is 0.856. The third-order valence-electron chi connectivity index (χ3n) is 3.49. The number of aryl methyl sites for hydroxylation is 1. The van der Waals surface area contributed by atoms with Crippen molar-refractivity contribution in [3.63, 3.8) is 0 Å². The van der Waals surface area contributed by atoms with Crippen LogP contribution in [0.1, 0.15) is 35.2 Å². The minimum absolute atomic E-state index is 0.349. The van der Waals surface area contributed by atoms with Crippen LogP contribution < -0.4 is 5.32 Å². The molecule has 0 saturated heterocycles. The molecule has 2 rings (SSSR count). The number of hydrogen-bond acceptors (Lipinski definition) is 2. The number of methoxy groups -OCH3 is 1. The van der Waals surface area contributed by atoms with Crippen LogP contribution in [0.25, 0.3) is 0 Å². The fourth-order valence-electron chi connectivity index (χ4n) is 2.24. The number of hydrogen-bond donors (Lipinski definition) is 1. The summed E-state index contributed by atoms with van der Waals surface area (Å²) in [5, 5.41) is 3.56. The Morgan fingerprint density at radius 3 is 2.45 bits per heavy atom. The molecule has 2 aromatic carbocycles. The van der Waals surface area contributed by atoms with Gasteiger partial charge in [0.05, 0.1) is 6.61 Å². The topological polar surface area (TPSA) is 21.3 Å². The fourth-order valence-corrected chi connectivity index (χ4v) is 2.24. The first kappa shape index (κ1) is 14.8. The van der Waals surface area contributed by atoms with Gasteiger partial charge in [0.2, 0.25) is 0 Å². The van der Waals surface area contributed by atoms with E-state index in [4.69, 9.17) is 4.74 Å². The molecule has 0 bridgehead atoms. The summed E-state index contributed by atoms with van der Waals surface area (Å²) in [4.78, 5) is 0. The van der Waals surface area contributed by atoms with Gasteiger partial charge >= 0.3 is 0 Å². The molecule has 0 saturated carbocycles. The van der Waals surface area contributed by atoms with Gasteiger partial charge < -0.3 is 10.1 Å². The molecule has 1 N–H and O–H groups in total. The van der Waals surface area contributed by atoms with Crippen LogP contribution in [0, 0.1) is 6.92 Å². The van der Waals surface area contributed by atoms with Crippen molar-refractivity contribution >= 4 is 0 Å². The molecule has 106 valence electrons. The predicted molar refractivity (Wildman–Crippen MR) is 83.6 cm³/mol. The first-order valence-corrected chi connectivity index (χ1v) is 7.06. The summed E-state index contributed by atoms with van der Waals surface area (Å²) in [5.41, 5.74) is 5.13. The van der Waals surface area contributed by atoms with Crippen molar-refractivity contribution in [3.8, 4) is 0 Å². The van der Waals surface area contributed by atoms with Gasteiger partial charge in [-0.2, -0.15) is 0 Å². The zero-order valence-corrected chi connectivity index (χ0v) is 12.5. The van der Waals surface area contributed by atoms with Crippen molar-refractivity contribution in [1.82, 2.24) is 5.32 Å². The predicted octanol–water partition coefficient (Wildman–Crippen LogP) is 3.99. The van der Waals surface area contributed by atoms with E-state index in [1.807, 2.05) is 0 Å². The van der Waals surface area contributed by atoms with Gasteiger partial charge in [-0.3, -0.25) is 0 Å². The van der Waals surface area contributed by atoms with Crippen LogP contribution in [0.15, 0.2) is 48.5 Å². The molecule has 0 fully saturated rings. The summed E-state index contributed by atoms with van der Waals surface area (Å²) >= 11 is 0. The van der Waals surface area contributed by atoms with Crippen molar-refractivity contribution < 1.29 is 4.74 Å². The second-order valence-electron chi connectivity index (χ2n) is 5.27. The van der Waals surface area contributed by atoms with E-state index in [1.165, 1.54) is 22.3 Å². The van der Waals surface area contributed by atoms with Gasteiger partial charge in [0, 0.05) is 19.7 Å². The molecule has 2 nitrogen and oxygen atoms in total. The van der Waals surface area contributed by atoms with E-state index in [0.717, 1.165) is 6.54 Å². The molecule has 1 atom stereocenters. The fraction of sp³-hybridized carbons (Fsp3) is 0.333. The number of rotatable bonds is 6. The van der Waals surface area contributed by atoms with E-state index >= 15 is 0 Å². The average Bonchev–Trinajstić information content (AvgIpc) is 2.46. The summed E-state index contributed by atoms with van der Waals surface area (Å²) < 4.78 is 5.17. The van der Waals surface area contributed by atoms with Gasteiger partial charge in [0.1, 0.15) is 0 Å². The lowest BCUT2D eigenvalue weighted by Crippen LogP contribution is -2.18. The molecule has 0 unspecified atom stereocenters. The Balaban J connectivity index is 1.94. The Morgan fingerprint density at radius 2 is 1.75 bits per heavy atom. The Bertz CT molecular complexity index is 533. The normalized spacial score (nSPS) is 12.3. The molecule has 0 heterocycles. The summed E-state index contributed by atoms with van der Waals surface area (Å²) in [5.74, 6) is 0. The van der Waals surface area contributed by atoms with Crippen LogP contribution in [0.5, 0.6) is 0 Å². The molecule has 2 heteroatoms. The van der Waals surface area contributed by atoms with Gasteiger partial charge in [-0.1, -0.05) is 54.1 Å². The molecular weight excluding hydrogens is 246 g/mol. The highest BCUT2D eigenvalue weighted by Crippen LogP contribution is 2.14. The van der Waals surface area contributed by atoms with Crippen LogP contribution in [0.4, 0.5) is 0 Å². The first-order valence-electron chi connectivity index (χ1n) is 7.06. The molecule has 0 aromatic heterocycles. The molecule has 0 aliphatic carbocycles. The zero-order valence-electron chi connectivity index (χ0n) is 12.5. The van der Waals surface area contributed by atoms with Crippen LogP contribution >= 0.6 is 0 Å². The Kier molecular flexibility index (Phi) is 5.33. The third kappa shape index (κ3) is 4.19. The van der Waals surface area contributed by atoms with E-state index in [9.17, 15) is 0 Å². The average molecular weight is 269 g/mol. The van der Waals surface area contributed by atoms with Crippen LogP contribution in [-0.4, -0.2) is 7.11 Å². The number of ether oxygens (including phenoxy) is 1. The molecular formula is C18H23NO. The number of benzene rings is 2. The SMILES string of the molecule is COCc1cccc(CN[C@@H](C)c2ccc(C)cc2)c1. The monoisotopic (exact) mass is 269 g/mol. The van der Waals surface area contributed by atoms with Crippen LogP contribution in [0.2, 0.25) is 0 Å². The lowest BCUT2D eigenvalue weighted by molar-refractivity contribution is 0.185. The smallest absolute Gasteiger partial charge is 0.0713 e. The third-order valence-corrected chi connectivity index (χ3v) is 3.49. The van der Waals surface area contributed by atoms with Gasteiger partial charge in [-0.25, -0.2) is 0 Å². The Labute approximate surface area is 121 Å². The lowest BCUT2D eigenvalue weighted by Gasteiger charge is -2.15. The van der Waals surface area contributed by atoms with E-state index < -0.39 is 0 Å². The maximum absolute atomic E-state index is 5.17. The number of nitrogens with one attached hydrogen (secondary N) is 1. The maximum atomic E-state index is 5.17. The molecule has 0 spiro atoms. The summed E-state index contributed by atoms with van der Waals surface area (Å²) in [7, 11) is 1.73. The van der Waals surface area contributed by atoms with E-state index in [2.05, 4.69) is 67.7 Å². The van der Waals surface area contributed by atoms with E-state index in [-0.39, 0.29) is 0 Å². The van der Waals surface area contributed by atoms with Crippen molar-refractivity contribution in [3.05, 3.63) is 70.8 Å². The second kappa shape index (κ2) is 7.22. The molecule has 0 aliphatic rings. The van der Waals surface area contributed by atoms with E-state index in [0.29, 0.717) is 12.6 Å². The second-order valence-corrected chi connectivity index (χ2v) is 5.27. The van der Waals surface area contributed by atoms with Gasteiger partial charge in [0.25, 0.3) is 0 Å². The molecule has 0 amide bonds. The van der Waals surface area contributed by atoms with Crippen LogP contribution in [0.3, 0.4) is 0 Å². The maximum Gasteiger partial charge on any atom is 0.0713 e. The summed E-state index contributed by atoms with van der Waals surface area (Å²) in [6.07, 6.45) is 0. The highest BCUT2D eigenvalue weighted by Gasteiger charge is 2.04. The highest BCUT2D eigenvalue weighted by molar-refractivity contribution is 5.25. The minimum atomic E-state index is 0.349. The van der Waals surface area contributed by atoms with Crippen molar-refractivity contribution in [2.24, 2.45) is 0 Å². The zero-order chi connectivity index (χ0) is 14.4. The van der Waals surface area contributed by atoms with Crippen molar-refractivity contribution in [2.75, 3.05) is 7.11 Å².